The molecule has 1 atom stereocenters. The highest BCUT2D eigenvalue weighted by molar-refractivity contribution is 5.69. The lowest BCUT2D eigenvalue weighted by Gasteiger charge is -2.13. The van der Waals surface area contributed by atoms with Crippen LogP contribution in [0.25, 0.3) is 0 Å². The molecular formula is C10H14F6O2. The molecule has 0 saturated carbocycles. The van der Waals surface area contributed by atoms with Crippen LogP contribution in [0.15, 0.2) is 0 Å². The van der Waals surface area contributed by atoms with E-state index in [2.05, 4.69) is 0 Å². The Morgan fingerprint density at radius 3 is 1.78 bits per heavy atom. The maximum Gasteiger partial charge on any atom is 0.389 e. The van der Waals surface area contributed by atoms with Gasteiger partial charge >= 0.3 is 18.3 Å². The standard InChI is InChI=1S/C10H14F6O2/c11-9(12,13)5-2-1-3-7(8(17)18)4-6-10(14,15)16/h7H,1-6H2,(H,17,18). The Hall–Kier alpha value is -0.950. The van der Waals surface area contributed by atoms with Crippen molar-refractivity contribution in [2.45, 2.75) is 50.9 Å². The summed E-state index contributed by atoms with van der Waals surface area (Å²) in [6, 6.07) is 0. The van der Waals surface area contributed by atoms with Crippen LogP contribution in [0.3, 0.4) is 0 Å². The summed E-state index contributed by atoms with van der Waals surface area (Å²) >= 11 is 0. The summed E-state index contributed by atoms with van der Waals surface area (Å²) in [5.74, 6) is -2.63. The average Bonchev–Trinajstić information content (AvgIpc) is 2.12. The summed E-state index contributed by atoms with van der Waals surface area (Å²) in [6.07, 6.45) is -12.1. The summed E-state index contributed by atoms with van der Waals surface area (Å²) in [5, 5.41) is 8.64. The first-order chi connectivity index (χ1) is 8.01. The van der Waals surface area contributed by atoms with Gasteiger partial charge in [0.05, 0.1) is 5.92 Å². The van der Waals surface area contributed by atoms with Gasteiger partial charge in [-0.1, -0.05) is 6.42 Å². The number of carboxylic acids is 1. The van der Waals surface area contributed by atoms with Crippen molar-refractivity contribution in [1.82, 2.24) is 0 Å². The van der Waals surface area contributed by atoms with Crippen molar-refractivity contribution >= 4 is 5.97 Å². The number of carboxylic acid groups (broad SMARTS) is 1. The van der Waals surface area contributed by atoms with Crippen molar-refractivity contribution in [1.29, 1.82) is 0 Å². The highest BCUT2D eigenvalue weighted by Gasteiger charge is 2.31. The van der Waals surface area contributed by atoms with E-state index in [1.807, 2.05) is 0 Å². The van der Waals surface area contributed by atoms with Gasteiger partial charge in [0.1, 0.15) is 0 Å². The molecule has 0 saturated heterocycles. The smallest absolute Gasteiger partial charge is 0.389 e. The van der Waals surface area contributed by atoms with E-state index in [1.54, 1.807) is 0 Å². The molecule has 0 spiro atoms. The molecule has 1 N–H and O–H groups in total. The van der Waals surface area contributed by atoms with Crippen LogP contribution >= 0.6 is 0 Å². The molecule has 8 heteroatoms. The van der Waals surface area contributed by atoms with E-state index in [9.17, 15) is 31.1 Å². The molecular weight excluding hydrogens is 266 g/mol. The molecule has 0 aromatic rings. The second-order valence-corrected chi connectivity index (χ2v) is 4.05. The molecule has 0 fully saturated rings. The zero-order valence-electron chi connectivity index (χ0n) is 9.44. The van der Waals surface area contributed by atoms with Gasteiger partial charge in [0.25, 0.3) is 0 Å². The summed E-state index contributed by atoms with van der Waals surface area (Å²) in [7, 11) is 0. The van der Waals surface area contributed by atoms with Gasteiger partial charge in [0, 0.05) is 12.8 Å². The van der Waals surface area contributed by atoms with Crippen molar-refractivity contribution in [2.24, 2.45) is 5.92 Å². The second kappa shape index (κ2) is 6.84. The minimum absolute atomic E-state index is 0.0473. The van der Waals surface area contributed by atoms with E-state index in [-0.39, 0.29) is 19.3 Å². The minimum atomic E-state index is -4.44. The van der Waals surface area contributed by atoms with E-state index in [0.717, 1.165) is 0 Å². The Labute approximate surface area is 100.0 Å². The van der Waals surface area contributed by atoms with Gasteiger partial charge in [0.2, 0.25) is 0 Å². The maximum atomic E-state index is 11.9. The average molecular weight is 280 g/mol. The van der Waals surface area contributed by atoms with E-state index < -0.39 is 43.5 Å². The first-order valence-electron chi connectivity index (χ1n) is 5.37. The molecule has 0 aromatic heterocycles. The maximum absolute atomic E-state index is 11.9. The van der Waals surface area contributed by atoms with Crippen LogP contribution in [-0.2, 0) is 4.79 Å². The molecule has 0 aliphatic rings. The van der Waals surface area contributed by atoms with Crippen LogP contribution in [-0.4, -0.2) is 23.4 Å². The molecule has 18 heavy (non-hydrogen) atoms. The fourth-order valence-electron chi connectivity index (χ4n) is 1.45. The number of halogens is 6. The van der Waals surface area contributed by atoms with Gasteiger partial charge < -0.3 is 5.11 Å². The van der Waals surface area contributed by atoms with Gasteiger partial charge in [0.15, 0.2) is 0 Å². The van der Waals surface area contributed by atoms with Gasteiger partial charge in [-0.25, -0.2) is 0 Å². The third-order valence-electron chi connectivity index (χ3n) is 2.39. The van der Waals surface area contributed by atoms with Gasteiger partial charge in [-0.2, -0.15) is 26.3 Å². The fourth-order valence-corrected chi connectivity index (χ4v) is 1.45. The number of hydrogen-bond donors (Lipinski definition) is 1. The molecule has 108 valence electrons. The van der Waals surface area contributed by atoms with Gasteiger partial charge in [-0.15, -0.1) is 0 Å². The molecule has 0 radical (unpaired) electrons. The van der Waals surface area contributed by atoms with E-state index >= 15 is 0 Å². The van der Waals surface area contributed by atoms with Crippen molar-refractivity contribution in [3.63, 3.8) is 0 Å². The quantitative estimate of drug-likeness (QED) is 0.562. The van der Waals surface area contributed by atoms with Gasteiger partial charge in [-0.3, -0.25) is 4.79 Å². The van der Waals surface area contributed by atoms with E-state index in [0.29, 0.717) is 0 Å². The molecule has 0 aromatic carbocycles. The lowest BCUT2D eigenvalue weighted by atomic mass is 9.96. The zero-order valence-corrected chi connectivity index (χ0v) is 9.44. The highest BCUT2D eigenvalue weighted by Crippen LogP contribution is 2.28. The third-order valence-corrected chi connectivity index (χ3v) is 2.39. The molecule has 0 heterocycles. The number of rotatable bonds is 7. The van der Waals surface area contributed by atoms with Crippen LogP contribution in [0, 0.1) is 5.92 Å². The molecule has 1 unspecified atom stereocenters. The lowest BCUT2D eigenvalue weighted by molar-refractivity contribution is -0.149. The van der Waals surface area contributed by atoms with E-state index in [1.165, 1.54) is 0 Å². The topological polar surface area (TPSA) is 37.3 Å². The minimum Gasteiger partial charge on any atom is -0.481 e. The Balaban J connectivity index is 3.96. The van der Waals surface area contributed by atoms with Crippen molar-refractivity contribution < 1.29 is 36.2 Å². The molecule has 0 rings (SSSR count). The Morgan fingerprint density at radius 1 is 0.889 bits per heavy atom. The Kier molecular flexibility index (Phi) is 6.48. The molecule has 0 bridgehead atoms. The SMILES string of the molecule is O=C(O)C(CCCCC(F)(F)F)CCC(F)(F)F. The van der Waals surface area contributed by atoms with Crippen LogP contribution in [0.4, 0.5) is 26.3 Å². The Morgan fingerprint density at radius 2 is 1.39 bits per heavy atom. The molecule has 0 aliphatic carbocycles. The highest BCUT2D eigenvalue weighted by atomic mass is 19.4. The lowest BCUT2D eigenvalue weighted by Crippen LogP contribution is -2.18. The van der Waals surface area contributed by atoms with Crippen molar-refractivity contribution in [3.8, 4) is 0 Å². The number of aliphatic carboxylic acids is 1. The summed E-state index contributed by atoms with van der Waals surface area (Å²) < 4.78 is 71.0. The normalized spacial score (nSPS) is 14.6. The second-order valence-electron chi connectivity index (χ2n) is 4.05. The zero-order chi connectivity index (χ0) is 14.4. The number of alkyl halides is 6. The first kappa shape index (κ1) is 17.1. The van der Waals surface area contributed by atoms with Crippen LogP contribution in [0.5, 0.6) is 0 Å². The van der Waals surface area contributed by atoms with Crippen LogP contribution in [0.2, 0.25) is 0 Å². The summed E-state index contributed by atoms with van der Waals surface area (Å²) in [5.41, 5.74) is 0. The molecule has 2 nitrogen and oxygen atoms in total. The fraction of sp³-hybridized carbons (Fsp3) is 0.900. The largest absolute Gasteiger partial charge is 0.481 e. The summed E-state index contributed by atoms with van der Waals surface area (Å²) in [6.45, 7) is 0. The predicted octanol–water partition coefficient (Wildman–Crippen LogP) is 4.15. The number of carbonyl (C=O) groups is 1. The predicted molar refractivity (Wildman–Crippen MR) is 50.9 cm³/mol. The molecule has 0 amide bonds. The number of unbranched alkanes of at least 4 members (excludes halogenated alkanes) is 1. The van der Waals surface area contributed by atoms with E-state index in [4.69, 9.17) is 5.11 Å². The van der Waals surface area contributed by atoms with Gasteiger partial charge in [-0.05, 0) is 19.3 Å². The van der Waals surface area contributed by atoms with Crippen LogP contribution in [0.1, 0.15) is 38.5 Å². The number of hydrogen-bond acceptors (Lipinski definition) is 1. The van der Waals surface area contributed by atoms with Crippen molar-refractivity contribution in [3.05, 3.63) is 0 Å². The summed E-state index contributed by atoms with van der Waals surface area (Å²) in [4.78, 5) is 10.6. The Bertz CT molecular complexity index is 258. The van der Waals surface area contributed by atoms with Crippen LogP contribution < -0.4 is 0 Å². The molecule has 0 aliphatic heterocycles. The third kappa shape index (κ3) is 10.2. The van der Waals surface area contributed by atoms with Crippen molar-refractivity contribution in [2.75, 3.05) is 0 Å². The monoisotopic (exact) mass is 280 g/mol. The first-order valence-corrected chi connectivity index (χ1v) is 5.37.